The first-order chi connectivity index (χ1) is 10.2. The molecule has 1 fully saturated rings. The summed E-state index contributed by atoms with van der Waals surface area (Å²) in [6.45, 7) is 0. The van der Waals surface area contributed by atoms with Gasteiger partial charge in [0.2, 0.25) is 0 Å². The molecule has 3 rings (SSSR count). The van der Waals surface area contributed by atoms with E-state index in [2.05, 4.69) is 23.2 Å². The molecule has 3 N–H and O–H groups in total. The van der Waals surface area contributed by atoms with Crippen LogP contribution in [0.25, 0.3) is 0 Å². The summed E-state index contributed by atoms with van der Waals surface area (Å²) in [7, 11) is 2.07. The largest absolute Gasteiger partial charge is 0.409 e. The number of hydrogen-bond donors (Lipinski definition) is 2. The van der Waals surface area contributed by atoms with Crippen LogP contribution in [-0.4, -0.2) is 40.6 Å². The number of aryl methyl sites for hydroxylation is 2. The Labute approximate surface area is 129 Å². The SMILES string of the molecule is CN(c1nc2c(cc1C(N)=NO)CCCC2)C1CCSC1. The number of oxime groups is 1. The minimum Gasteiger partial charge on any atom is -0.409 e. The van der Waals surface area contributed by atoms with Gasteiger partial charge >= 0.3 is 0 Å². The maximum Gasteiger partial charge on any atom is 0.173 e. The zero-order valence-electron chi connectivity index (χ0n) is 12.4. The lowest BCUT2D eigenvalue weighted by Crippen LogP contribution is -2.34. The van der Waals surface area contributed by atoms with E-state index in [4.69, 9.17) is 15.9 Å². The fourth-order valence-corrected chi connectivity index (χ4v) is 4.40. The first-order valence-corrected chi connectivity index (χ1v) is 8.67. The zero-order chi connectivity index (χ0) is 14.8. The molecule has 6 heteroatoms. The number of aromatic nitrogens is 1. The normalized spacial score (nSPS) is 22.1. The summed E-state index contributed by atoms with van der Waals surface area (Å²) in [6, 6.07) is 2.55. The van der Waals surface area contributed by atoms with E-state index < -0.39 is 0 Å². The highest BCUT2D eigenvalue weighted by atomic mass is 32.2. The Hall–Kier alpha value is -1.43. The Morgan fingerprint density at radius 3 is 3.00 bits per heavy atom. The number of nitrogens with two attached hydrogens (primary N) is 1. The molecule has 0 radical (unpaired) electrons. The molecule has 2 aliphatic rings. The van der Waals surface area contributed by atoms with E-state index >= 15 is 0 Å². The smallest absolute Gasteiger partial charge is 0.173 e. The fourth-order valence-electron chi connectivity index (χ4n) is 3.13. The molecule has 1 aromatic heterocycles. The quantitative estimate of drug-likeness (QED) is 0.387. The average Bonchev–Trinajstić information content (AvgIpc) is 3.06. The summed E-state index contributed by atoms with van der Waals surface area (Å²) in [5.41, 5.74) is 9.09. The molecule has 21 heavy (non-hydrogen) atoms. The third kappa shape index (κ3) is 2.81. The molecule has 114 valence electrons. The molecular weight excluding hydrogens is 284 g/mol. The van der Waals surface area contributed by atoms with E-state index in [-0.39, 0.29) is 5.84 Å². The van der Waals surface area contributed by atoms with Crippen LogP contribution in [0.5, 0.6) is 0 Å². The lowest BCUT2D eigenvalue weighted by molar-refractivity contribution is 0.318. The van der Waals surface area contributed by atoms with Crippen molar-refractivity contribution < 1.29 is 5.21 Å². The number of rotatable bonds is 3. The van der Waals surface area contributed by atoms with Crippen LogP contribution in [0, 0.1) is 0 Å². The standard InChI is InChI=1S/C15H22N4OS/c1-19(11-6-7-21-9-11)15-12(14(16)18-20)8-10-4-2-3-5-13(10)17-15/h8,11,20H,2-7,9H2,1H3,(H2,16,18). The van der Waals surface area contributed by atoms with Crippen molar-refractivity contribution in [1.29, 1.82) is 0 Å². The number of hydrogen-bond acceptors (Lipinski definition) is 5. The number of fused-ring (bicyclic) bond motifs is 1. The highest BCUT2D eigenvalue weighted by molar-refractivity contribution is 7.99. The lowest BCUT2D eigenvalue weighted by atomic mass is 9.94. The number of nitrogens with zero attached hydrogens (tertiary/aromatic N) is 3. The van der Waals surface area contributed by atoms with Crippen LogP contribution >= 0.6 is 11.8 Å². The first kappa shape index (κ1) is 14.5. The predicted octanol–water partition coefficient (Wildman–Crippen LogP) is 2.00. The number of amidine groups is 1. The summed E-state index contributed by atoms with van der Waals surface area (Å²) in [5, 5.41) is 12.3. The van der Waals surface area contributed by atoms with E-state index in [0.29, 0.717) is 6.04 Å². The van der Waals surface area contributed by atoms with Crippen LogP contribution in [0.2, 0.25) is 0 Å². The van der Waals surface area contributed by atoms with Crippen molar-refractivity contribution in [1.82, 2.24) is 4.98 Å². The average molecular weight is 306 g/mol. The van der Waals surface area contributed by atoms with Gasteiger partial charge in [-0.1, -0.05) is 5.16 Å². The zero-order valence-corrected chi connectivity index (χ0v) is 13.2. The van der Waals surface area contributed by atoms with Gasteiger partial charge in [-0.15, -0.1) is 0 Å². The van der Waals surface area contributed by atoms with Gasteiger partial charge in [-0.3, -0.25) is 0 Å². The molecule has 1 aliphatic heterocycles. The van der Waals surface area contributed by atoms with Crippen molar-refractivity contribution in [3.8, 4) is 0 Å². The van der Waals surface area contributed by atoms with Crippen molar-refractivity contribution in [2.24, 2.45) is 10.9 Å². The van der Waals surface area contributed by atoms with E-state index in [0.717, 1.165) is 36.4 Å². The molecule has 0 aromatic carbocycles. The second-order valence-corrected chi connectivity index (χ2v) is 6.94. The molecule has 1 saturated heterocycles. The molecule has 1 atom stereocenters. The summed E-state index contributed by atoms with van der Waals surface area (Å²) in [4.78, 5) is 7.08. The maximum atomic E-state index is 9.08. The predicted molar refractivity (Wildman–Crippen MR) is 87.5 cm³/mol. The molecule has 5 nitrogen and oxygen atoms in total. The molecule has 0 amide bonds. The van der Waals surface area contributed by atoms with Gasteiger partial charge in [-0.25, -0.2) is 4.98 Å². The molecule has 0 spiro atoms. The highest BCUT2D eigenvalue weighted by Crippen LogP contribution is 2.30. The Morgan fingerprint density at radius 2 is 2.29 bits per heavy atom. The van der Waals surface area contributed by atoms with E-state index in [1.54, 1.807) is 0 Å². The van der Waals surface area contributed by atoms with Crippen molar-refractivity contribution in [3.63, 3.8) is 0 Å². The Bertz CT molecular complexity index is 555. The molecule has 1 aromatic rings. The van der Waals surface area contributed by atoms with E-state index in [1.807, 2.05) is 11.8 Å². The summed E-state index contributed by atoms with van der Waals surface area (Å²) in [6.07, 6.45) is 5.63. The van der Waals surface area contributed by atoms with Crippen LogP contribution < -0.4 is 10.6 Å². The van der Waals surface area contributed by atoms with Gasteiger partial charge in [0, 0.05) is 24.5 Å². The van der Waals surface area contributed by atoms with Crippen LogP contribution in [0.1, 0.15) is 36.1 Å². The maximum absolute atomic E-state index is 9.08. The van der Waals surface area contributed by atoms with Crippen molar-refractivity contribution in [2.45, 2.75) is 38.1 Å². The number of thioether (sulfide) groups is 1. The van der Waals surface area contributed by atoms with Gasteiger partial charge in [0.1, 0.15) is 5.82 Å². The number of anilines is 1. The van der Waals surface area contributed by atoms with Gasteiger partial charge in [0.25, 0.3) is 0 Å². The monoisotopic (exact) mass is 306 g/mol. The fraction of sp³-hybridized carbons (Fsp3) is 0.600. The molecule has 2 heterocycles. The van der Waals surface area contributed by atoms with Crippen molar-refractivity contribution in [3.05, 3.63) is 22.9 Å². The van der Waals surface area contributed by atoms with Crippen LogP contribution in [0.3, 0.4) is 0 Å². The third-order valence-electron chi connectivity index (χ3n) is 4.45. The van der Waals surface area contributed by atoms with Gasteiger partial charge < -0.3 is 15.8 Å². The lowest BCUT2D eigenvalue weighted by Gasteiger charge is -2.28. The molecule has 0 saturated carbocycles. The summed E-state index contributed by atoms with van der Waals surface area (Å²) < 4.78 is 0. The summed E-state index contributed by atoms with van der Waals surface area (Å²) >= 11 is 1.97. The van der Waals surface area contributed by atoms with Crippen molar-refractivity contribution >= 4 is 23.4 Å². The van der Waals surface area contributed by atoms with E-state index in [1.165, 1.54) is 29.9 Å². The first-order valence-electron chi connectivity index (χ1n) is 7.52. The molecular formula is C15H22N4OS. The third-order valence-corrected chi connectivity index (χ3v) is 5.60. The van der Waals surface area contributed by atoms with Gasteiger partial charge in [0.15, 0.2) is 5.84 Å². The van der Waals surface area contributed by atoms with Crippen LogP contribution in [0.4, 0.5) is 5.82 Å². The van der Waals surface area contributed by atoms with Crippen molar-refractivity contribution in [2.75, 3.05) is 23.5 Å². The van der Waals surface area contributed by atoms with E-state index in [9.17, 15) is 0 Å². The molecule has 0 bridgehead atoms. The Kier molecular flexibility index (Phi) is 4.24. The Balaban J connectivity index is 2.03. The van der Waals surface area contributed by atoms with Gasteiger partial charge in [-0.2, -0.15) is 11.8 Å². The minimum absolute atomic E-state index is 0.156. The Morgan fingerprint density at radius 1 is 1.48 bits per heavy atom. The minimum atomic E-state index is 0.156. The summed E-state index contributed by atoms with van der Waals surface area (Å²) in [5.74, 6) is 3.32. The number of pyridine rings is 1. The van der Waals surface area contributed by atoms with Gasteiger partial charge in [0.05, 0.1) is 5.56 Å². The second-order valence-electron chi connectivity index (χ2n) is 5.79. The molecule has 1 unspecified atom stereocenters. The molecule has 1 aliphatic carbocycles. The van der Waals surface area contributed by atoms with Gasteiger partial charge in [-0.05, 0) is 49.5 Å². The topological polar surface area (TPSA) is 74.7 Å². The highest BCUT2D eigenvalue weighted by Gasteiger charge is 2.26. The second kappa shape index (κ2) is 6.13. The van der Waals surface area contributed by atoms with Crippen LogP contribution in [-0.2, 0) is 12.8 Å². The van der Waals surface area contributed by atoms with Crippen LogP contribution in [0.15, 0.2) is 11.2 Å².